The van der Waals surface area contributed by atoms with Gasteiger partial charge in [-0.15, -0.1) is 0 Å². The maximum Gasteiger partial charge on any atom is 0.231 e. The molecule has 0 spiro atoms. The van der Waals surface area contributed by atoms with Crippen molar-refractivity contribution < 1.29 is 29.2 Å². The van der Waals surface area contributed by atoms with Gasteiger partial charge in [-0.2, -0.15) is 0 Å². The Kier molecular flexibility index (Phi) is 3.80. The number of hydrogen-bond acceptors (Lipinski definition) is 6. The van der Waals surface area contributed by atoms with E-state index < -0.39 is 5.78 Å². The third-order valence-electron chi connectivity index (χ3n) is 3.39. The van der Waals surface area contributed by atoms with Crippen molar-refractivity contribution in [3.63, 3.8) is 0 Å². The molecule has 0 aliphatic carbocycles. The molecule has 0 amide bonds. The van der Waals surface area contributed by atoms with E-state index in [9.17, 15) is 15.0 Å². The van der Waals surface area contributed by atoms with Gasteiger partial charge in [0, 0.05) is 6.07 Å². The summed E-state index contributed by atoms with van der Waals surface area (Å²) in [5, 5.41) is 19.5. The number of methoxy groups -OCH3 is 1. The minimum Gasteiger partial charge on any atom is -0.508 e. The van der Waals surface area contributed by atoms with Gasteiger partial charge in [0.2, 0.25) is 12.5 Å². The van der Waals surface area contributed by atoms with Crippen LogP contribution < -0.4 is 14.2 Å². The third-order valence-corrected chi connectivity index (χ3v) is 3.39. The molecule has 6 nitrogen and oxygen atoms in total. The minimum atomic E-state index is -0.439. The highest BCUT2D eigenvalue weighted by molar-refractivity contribution is 6.11. The van der Waals surface area contributed by atoms with Crippen LogP contribution >= 0.6 is 0 Å². The van der Waals surface area contributed by atoms with Gasteiger partial charge in [0.25, 0.3) is 0 Å². The van der Waals surface area contributed by atoms with Crippen molar-refractivity contribution in [2.75, 3.05) is 13.9 Å². The number of carbonyl (C=O) groups is 1. The number of phenolic OH excluding ortho intramolecular Hbond substituents is 2. The first kappa shape index (κ1) is 14.8. The molecule has 0 bridgehead atoms. The van der Waals surface area contributed by atoms with Crippen LogP contribution in [-0.4, -0.2) is 29.9 Å². The second-order valence-corrected chi connectivity index (χ2v) is 4.83. The lowest BCUT2D eigenvalue weighted by atomic mass is 10.1. The topological polar surface area (TPSA) is 85.2 Å². The minimum absolute atomic E-state index is 0.00628. The first-order chi connectivity index (χ1) is 11.1. The first-order valence-electron chi connectivity index (χ1n) is 6.81. The molecular formula is C17H14O6. The number of rotatable bonds is 4. The van der Waals surface area contributed by atoms with E-state index in [1.807, 2.05) is 0 Å². The Labute approximate surface area is 132 Å². The highest BCUT2D eigenvalue weighted by atomic mass is 16.7. The fourth-order valence-electron chi connectivity index (χ4n) is 2.24. The number of hydrogen-bond donors (Lipinski definition) is 2. The fraction of sp³-hybridized carbons (Fsp3) is 0.118. The molecule has 0 radical (unpaired) electrons. The fourth-order valence-corrected chi connectivity index (χ4v) is 2.24. The number of ether oxygens (including phenoxy) is 3. The molecule has 23 heavy (non-hydrogen) atoms. The number of fused-ring (bicyclic) bond motifs is 1. The molecule has 2 N–H and O–H groups in total. The van der Waals surface area contributed by atoms with E-state index in [0.29, 0.717) is 5.75 Å². The van der Waals surface area contributed by atoms with Gasteiger partial charge in [0.05, 0.1) is 7.11 Å². The van der Waals surface area contributed by atoms with Crippen LogP contribution in [0.3, 0.4) is 0 Å². The highest BCUT2D eigenvalue weighted by Gasteiger charge is 2.27. The summed E-state index contributed by atoms with van der Waals surface area (Å²) in [5.41, 5.74) is 0.738. The summed E-state index contributed by atoms with van der Waals surface area (Å²) in [6.45, 7) is -0.0208. The van der Waals surface area contributed by atoms with E-state index in [1.165, 1.54) is 31.4 Å². The van der Waals surface area contributed by atoms with Gasteiger partial charge in [-0.3, -0.25) is 4.79 Å². The molecule has 2 aromatic rings. The molecule has 0 saturated carbocycles. The lowest BCUT2D eigenvalue weighted by molar-refractivity contribution is 0.104. The maximum atomic E-state index is 12.4. The lowest BCUT2D eigenvalue weighted by Crippen LogP contribution is -2.00. The van der Waals surface area contributed by atoms with Crippen molar-refractivity contribution in [3.8, 4) is 28.7 Å². The van der Waals surface area contributed by atoms with E-state index in [4.69, 9.17) is 14.2 Å². The number of allylic oxidation sites excluding steroid dienone is 1. The normalized spacial score (nSPS) is 12.6. The van der Waals surface area contributed by atoms with Crippen molar-refractivity contribution in [2.45, 2.75) is 0 Å². The molecule has 3 rings (SSSR count). The van der Waals surface area contributed by atoms with Gasteiger partial charge in [0.15, 0.2) is 17.3 Å². The van der Waals surface area contributed by atoms with E-state index in [2.05, 4.69) is 0 Å². The van der Waals surface area contributed by atoms with Crippen molar-refractivity contribution in [2.24, 2.45) is 0 Å². The van der Waals surface area contributed by atoms with Crippen LogP contribution in [0, 0.1) is 0 Å². The van der Waals surface area contributed by atoms with E-state index in [-0.39, 0.29) is 35.4 Å². The van der Waals surface area contributed by atoms with Gasteiger partial charge >= 0.3 is 0 Å². The second-order valence-electron chi connectivity index (χ2n) is 4.83. The average molecular weight is 314 g/mol. The molecule has 2 aromatic carbocycles. The summed E-state index contributed by atoms with van der Waals surface area (Å²) in [6, 6.07) is 7.86. The monoisotopic (exact) mass is 314 g/mol. The van der Waals surface area contributed by atoms with Crippen molar-refractivity contribution in [3.05, 3.63) is 47.5 Å². The highest BCUT2D eigenvalue weighted by Crippen LogP contribution is 2.47. The molecule has 118 valence electrons. The number of benzene rings is 2. The van der Waals surface area contributed by atoms with Crippen molar-refractivity contribution in [1.82, 2.24) is 0 Å². The van der Waals surface area contributed by atoms with E-state index in [0.717, 1.165) is 5.56 Å². The van der Waals surface area contributed by atoms with Gasteiger partial charge in [0.1, 0.15) is 17.1 Å². The van der Waals surface area contributed by atoms with Crippen LogP contribution in [0.5, 0.6) is 28.7 Å². The zero-order valence-corrected chi connectivity index (χ0v) is 12.3. The number of carbonyl (C=O) groups excluding carboxylic acids is 1. The molecule has 0 atom stereocenters. The second kappa shape index (κ2) is 5.92. The van der Waals surface area contributed by atoms with Crippen LogP contribution in [0.15, 0.2) is 36.4 Å². The Morgan fingerprint density at radius 2 is 1.96 bits per heavy atom. The lowest BCUT2D eigenvalue weighted by Gasteiger charge is -2.10. The number of aromatic hydroxyl groups is 2. The standard InChI is InChI=1S/C17H14O6/c1-21-13-8-14-17(23-9-22-14)16(20)15(13)12(19)7-4-10-2-5-11(18)6-3-10/h2-8,18,20H,9H2,1H3. The molecule has 6 heteroatoms. The molecular weight excluding hydrogens is 300 g/mol. The largest absolute Gasteiger partial charge is 0.508 e. The molecule has 0 fully saturated rings. The van der Waals surface area contributed by atoms with Gasteiger partial charge < -0.3 is 24.4 Å². The zero-order valence-electron chi connectivity index (χ0n) is 12.3. The SMILES string of the molecule is COc1cc2c(c(O)c1C(=O)C=Cc1ccc(O)cc1)OCO2. The number of phenols is 2. The van der Waals surface area contributed by atoms with Crippen LogP contribution in [-0.2, 0) is 0 Å². The average Bonchev–Trinajstić information content (AvgIpc) is 3.02. The predicted molar refractivity (Wildman–Crippen MR) is 82.3 cm³/mol. The summed E-state index contributed by atoms with van der Waals surface area (Å²) in [5.74, 6) is 0.0594. The predicted octanol–water partition coefficient (Wildman–Crippen LogP) is 2.73. The summed E-state index contributed by atoms with van der Waals surface area (Å²) in [4.78, 5) is 12.4. The Balaban J connectivity index is 1.94. The zero-order chi connectivity index (χ0) is 16.4. The molecule has 1 aliphatic rings. The third kappa shape index (κ3) is 2.78. The summed E-state index contributed by atoms with van der Waals surface area (Å²) >= 11 is 0. The molecule has 0 aromatic heterocycles. The van der Waals surface area contributed by atoms with Crippen LogP contribution in [0.25, 0.3) is 6.08 Å². The van der Waals surface area contributed by atoms with Crippen LogP contribution in [0.1, 0.15) is 15.9 Å². The maximum absolute atomic E-state index is 12.4. The quantitative estimate of drug-likeness (QED) is 0.667. The molecule has 1 heterocycles. The molecule has 0 unspecified atom stereocenters. The Morgan fingerprint density at radius 1 is 1.22 bits per heavy atom. The Morgan fingerprint density at radius 3 is 2.65 bits per heavy atom. The Bertz CT molecular complexity index is 777. The summed E-state index contributed by atoms with van der Waals surface area (Å²) in [6.07, 6.45) is 2.89. The summed E-state index contributed by atoms with van der Waals surface area (Å²) in [7, 11) is 1.40. The van der Waals surface area contributed by atoms with E-state index in [1.54, 1.807) is 18.2 Å². The van der Waals surface area contributed by atoms with Gasteiger partial charge in [-0.25, -0.2) is 0 Å². The Hall–Kier alpha value is -3.15. The molecule has 0 saturated heterocycles. The first-order valence-corrected chi connectivity index (χ1v) is 6.81. The van der Waals surface area contributed by atoms with Crippen LogP contribution in [0.2, 0.25) is 0 Å². The van der Waals surface area contributed by atoms with Gasteiger partial charge in [-0.05, 0) is 23.8 Å². The van der Waals surface area contributed by atoms with Crippen molar-refractivity contribution >= 4 is 11.9 Å². The van der Waals surface area contributed by atoms with Gasteiger partial charge in [-0.1, -0.05) is 18.2 Å². The van der Waals surface area contributed by atoms with Crippen LogP contribution in [0.4, 0.5) is 0 Å². The van der Waals surface area contributed by atoms with E-state index >= 15 is 0 Å². The molecule has 1 aliphatic heterocycles. The van der Waals surface area contributed by atoms with Crippen molar-refractivity contribution in [1.29, 1.82) is 0 Å². The summed E-state index contributed by atoms with van der Waals surface area (Å²) < 4.78 is 15.5. The number of ketones is 1. The smallest absolute Gasteiger partial charge is 0.231 e.